The number of allylic oxidation sites excluding steroid dienone is 1. The first-order chi connectivity index (χ1) is 7.72. The highest BCUT2D eigenvalue weighted by atomic mass is 15.6. The quantitative estimate of drug-likeness (QED) is 0.571. The molecule has 2 fully saturated rings. The van der Waals surface area contributed by atoms with Crippen LogP contribution in [0.5, 0.6) is 0 Å². The van der Waals surface area contributed by atoms with Crippen LogP contribution in [0.15, 0.2) is 12.3 Å². The highest BCUT2D eigenvalue weighted by Crippen LogP contribution is 2.55. The van der Waals surface area contributed by atoms with Crippen molar-refractivity contribution in [1.29, 1.82) is 0 Å². The third kappa shape index (κ3) is 1.94. The van der Waals surface area contributed by atoms with E-state index in [1.807, 2.05) is 0 Å². The van der Waals surface area contributed by atoms with Crippen molar-refractivity contribution in [2.24, 2.45) is 11.5 Å². The highest BCUT2D eigenvalue weighted by molar-refractivity contribution is 5.09. The molecule has 2 aliphatic rings. The average Bonchev–Trinajstić information content (AvgIpc) is 2.70. The van der Waals surface area contributed by atoms with E-state index in [2.05, 4.69) is 27.4 Å². The van der Waals surface area contributed by atoms with E-state index >= 15 is 0 Å². The zero-order valence-corrected chi connectivity index (χ0v) is 11.6. The van der Waals surface area contributed by atoms with Crippen molar-refractivity contribution >= 4 is 0 Å². The standard InChI is InChI=1S/C14H28N3/c1-11-8-6-5-7-9-17(11)12(14(17,4)16)10-13(2,3)15/h12H,1,5-10,15-16H2,2-4H3/q+1. The van der Waals surface area contributed by atoms with Gasteiger partial charge in [0.1, 0.15) is 5.70 Å². The summed E-state index contributed by atoms with van der Waals surface area (Å²) >= 11 is 0. The van der Waals surface area contributed by atoms with Gasteiger partial charge in [-0.05, 0) is 39.7 Å². The van der Waals surface area contributed by atoms with Gasteiger partial charge in [0.05, 0.1) is 6.54 Å². The van der Waals surface area contributed by atoms with Gasteiger partial charge in [-0.3, -0.25) is 10.2 Å². The molecule has 2 aliphatic heterocycles. The van der Waals surface area contributed by atoms with Crippen LogP contribution in [0.2, 0.25) is 0 Å². The van der Waals surface area contributed by atoms with Gasteiger partial charge < -0.3 is 5.73 Å². The molecular formula is C14H28N3+. The predicted octanol–water partition coefficient (Wildman–Crippen LogP) is 2.08. The van der Waals surface area contributed by atoms with Crippen LogP contribution in [0.1, 0.15) is 52.9 Å². The molecule has 0 aromatic rings. The van der Waals surface area contributed by atoms with Crippen LogP contribution in [0, 0.1) is 0 Å². The van der Waals surface area contributed by atoms with Crippen LogP contribution < -0.4 is 11.5 Å². The Morgan fingerprint density at radius 1 is 1.41 bits per heavy atom. The molecule has 3 atom stereocenters. The summed E-state index contributed by atoms with van der Waals surface area (Å²) in [6.07, 6.45) is 5.97. The van der Waals surface area contributed by atoms with Crippen LogP contribution in [0.25, 0.3) is 0 Å². The Balaban J connectivity index is 2.22. The topological polar surface area (TPSA) is 52.0 Å². The van der Waals surface area contributed by atoms with E-state index in [4.69, 9.17) is 11.5 Å². The van der Waals surface area contributed by atoms with Crippen molar-refractivity contribution in [3.63, 3.8) is 0 Å². The summed E-state index contributed by atoms with van der Waals surface area (Å²) in [6.45, 7) is 11.8. The minimum absolute atomic E-state index is 0.139. The molecule has 0 aromatic heterocycles. The third-order valence-corrected chi connectivity index (χ3v) is 4.76. The van der Waals surface area contributed by atoms with E-state index in [0.717, 1.165) is 23.9 Å². The summed E-state index contributed by atoms with van der Waals surface area (Å²) in [5, 5.41) is 0. The molecular weight excluding hydrogens is 210 g/mol. The molecule has 17 heavy (non-hydrogen) atoms. The maximum absolute atomic E-state index is 6.54. The first-order valence-electron chi connectivity index (χ1n) is 6.86. The molecule has 3 nitrogen and oxygen atoms in total. The van der Waals surface area contributed by atoms with E-state index < -0.39 is 0 Å². The van der Waals surface area contributed by atoms with Gasteiger partial charge in [0.2, 0.25) is 5.66 Å². The molecule has 2 saturated heterocycles. The lowest BCUT2D eigenvalue weighted by atomic mass is 9.97. The van der Waals surface area contributed by atoms with Gasteiger partial charge in [-0.2, -0.15) is 0 Å². The second kappa shape index (κ2) is 3.81. The first kappa shape index (κ1) is 13.1. The maximum Gasteiger partial charge on any atom is 0.206 e. The van der Waals surface area contributed by atoms with E-state index in [0.29, 0.717) is 6.04 Å². The zero-order chi connectivity index (χ0) is 12.9. The Morgan fingerprint density at radius 3 is 2.65 bits per heavy atom. The number of quaternary nitrogens is 1. The number of hydrogen-bond donors (Lipinski definition) is 2. The molecule has 2 heterocycles. The van der Waals surface area contributed by atoms with Crippen LogP contribution in [0.4, 0.5) is 0 Å². The summed E-state index contributed by atoms with van der Waals surface area (Å²) in [5.74, 6) is 0. The minimum Gasteiger partial charge on any atom is -0.325 e. The van der Waals surface area contributed by atoms with Crippen molar-refractivity contribution in [2.45, 2.75) is 70.1 Å². The molecule has 0 aromatic carbocycles. The molecule has 0 radical (unpaired) electrons. The lowest BCUT2D eigenvalue weighted by Gasteiger charge is -2.24. The Kier molecular flexibility index (Phi) is 2.92. The molecule has 4 N–H and O–H groups in total. The molecule has 98 valence electrons. The van der Waals surface area contributed by atoms with Gasteiger partial charge in [-0.1, -0.05) is 0 Å². The minimum atomic E-state index is -0.141. The fraction of sp³-hybridized carbons (Fsp3) is 0.857. The van der Waals surface area contributed by atoms with Crippen LogP contribution in [-0.2, 0) is 0 Å². The summed E-state index contributed by atoms with van der Waals surface area (Å²) in [5.41, 5.74) is 13.8. The van der Waals surface area contributed by atoms with Gasteiger partial charge in [-0.15, -0.1) is 0 Å². The molecule has 1 spiro atoms. The Morgan fingerprint density at radius 2 is 2.06 bits per heavy atom. The highest BCUT2D eigenvalue weighted by Gasteiger charge is 2.75. The monoisotopic (exact) mass is 238 g/mol. The fourth-order valence-electron chi connectivity index (χ4n) is 3.77. The molecule has 0 saturated carbocycles. The second-order valence-electron chi connectivity index (χ2n) is 6.90. The summed E-state index contributed by atoms with van der Waals surface area (Å²) in [4.78, 5) is 0. The smallest absolute Gasteiger partial charge is 0.206 e. The number of rotatable bonds is 2. The van der Waals surface area contributed by atoms with Crippen LogP contribution >= 0.6 is 0 Å². The Labute approximate surface area is 105 Å². The van der Waals surface area contributed by atoms with Crippen molar-refractivity contribution in [3.05, 3.63) is 12.3 Å². The van der Waals surface area contributed by atoms with Crippen molar-refractivity contribution in [2.75, 3.05) is 6.54 Å². The van der Waals surface area contributed by atoms with Crippen LogP contribution in [0.3, 0.4) is 0 Å². The average molecular weight is 238 g/mol. The lowest BCUT2D eigenvalue weighted by Crippen LogP contribution is -2.39. The number of nitrogens with two attached hydrogens (primary N) is 2. The van der Waals surface area contributed by atoms with Crippen molar-refractivity contribution in [3.8, 4) is 0 Å². The van der Waals surface area contributed by atoms with E-state index in [9.17, 15) is 0 Å². The fourth-order valence-corrected chi connectivity index (χ4v) is 3.77. The Hall–Kier alpha value is -0.380. The predicted molar refractivity (Wildman–Crippen MR) is 72.0 cm³/mol. The molecule has 0 amide bonds. The summed E-state index contributed by atoms with van der Waals surface area (Å²) in [6, 6.07) is 0.466. The van der Waals surface area contributed by atoms with E-state index in [-0.39, 0.29) is 11.2 Å². The van der Waals surface area contributed by atoms with Crippen molar-refractivity contribution < 1.29 is 4.48 Å². The number of nitrogens with zero attached hydrogens (tertiary/aromatic N) is 1. The molecule has 2 rings (SSSR count). The maximum atomic E-state index is 6.54. The largest absolute Gasteiger partial charge is 0.325 e. The van der Waals surface area contributed by atoms with E-state index in [1.165, 1.54) is 25.0 Å². The van der Waals surface area contributed by atoms with Gasteiger partial charge in [0.15, 0.2) is 6.04 Å². The summed E-state index contributed by atoms with van der Waals surface area (Å²) in [7, 11) is 0. The number of hydrogen-bond acceptors (Lipinski definition) is 2. The third-order valence-electron chi connectivity index (χ3n) is 4.76. The molecule has 3 unspecified atom stereocenters. The first-order valence-corrected chi connectivity index (χ1v) is 6.86. The summed E-state index contributed by atoms with van der Waals surface area (Å²) < 4.78 is 0.938. The van der Waals surface area contributed by atoms with Gasteiger partial charge in [-0.25, -0.2) is 0 Å². The van der Waals surface area contributed by atoms with Crippen molar-refractivity contribution in [1.82, 2.24) is 0 Å². The molecule has 0 bridgehead atoms. The molecule has 0 aliphatic carbocycles. The van der Waals surface area contributed by atoms with Gasteiger partial charge in [0.25, 0.3) is 0 Å². The van der Waals surface area contributed by atoms with Gasteiger partial charge >= 0.3 is 0 Å². The SMILES string of the molecule is C=C1CCCCC[N+]12C(CC(C)(C)N)C2(C)N. The van der Waals surface area contributed by atoms with Gasteiger partial charge in [0, 0.05) is 25.3 Å². The Bertz CT molecular complexity index is 327. The normalized spacial score (nSPS) is 42.6. The molecule has 3 heteroatoms. The lowest BCUT2D eigenvalue weighted by molar-refractivity contribution is -0.802. The van der Waals surface area contributed by atoms with E-state index in [1.54, 1.807) is 0 Å². The zero-order valence-electron chi connectivity index (χ0n) is 11.6. The second-order valence-corrected chi connectivity index (χ2v) is 6.90. The van der Waals surface area contributed by atoms with Crippen LogP contribution in [-0.4, -0.2) is 28.3 Å².